The van der Waals surface area contributed by atoms with Gasteiger partial charge in [-0.2, -0.15) is 39.5 Å². The number of hydrogen-bond donors (Lipinski definition) is 0. The number of rotatable bonds is 34. The molecule has 378 valence electrons. The highest BCUT2D eigenvalue weighted by atomic mass is 16.5. The molecule has 0 fully saturated rings. The van der Waals surface area contributed by atoms with Crippen molar-refractivity contribution >= 4 is 22.3 Å². The number of fused-ring (bicyclic) bond motifs is 2. The van der Waals surface area contributed by atoms with Gasteiger partial charge in [-0.15, -0.1) is 0 Å². The smallest absolute Gasteiger partial charge is 0.259 e. The van der Waals surface area contributed by atoms with Gasteiger partial charge < -0.3 is 18.9 Å². The lowest BCUT2D eigenvalue weighted by atomic mass is 9.91. The minimum absolute atomic E-state index is 0.313. The second-order valence-corrected chi connectivity index (χ2v) is 20.7. The summed E-state index contributed by atoms with van der Waals surface area (Å²) in [7, 11) is 0. The lowest BCUT2D eigenvalue weighted by Gasteiger charge is -2.15. The van der Waals surface area contributed by atoms with E-state index in [2.05, 4.69) is 69.2 Å². The van der Waals surface area contributed by atoms with Crippen LogP contribution < -0.4 is 18.9 Å². The minimum atomic E-state index is -0.426. The molecule has 0 aliphatic rings. The van der Waals surface area contributed by atoms with E-state index in [-0.39, 0.29) is 0 Å². The Morgan fingerprint density at radius 3 is 0.853 bits per heavy atom. The van der Waals surface area contributed by atoms with Gasteiger partial charge in [0.05, 0.1) is 49.9 Å². The first-order valence-electron chi connectivity index (χ1n) is 26.9. The number of aromatic nitrogens is 10. The van der Waals surface area contributed by atoms with E-state index in [1.165, 1.54) is 103 Å². The molecule has 0 atom stereocenters. The van der Waals surface area contributed by atoms with Crippen molar-refractivity contribution in [3.63, 3.8) is 0 Å². The van der Waals surface area contributed by atoms with Crippen LogP contribution in [0.5, 0.6) is 23.5 Å². The van der Waals surface area contributed by atoms with E-state index in [4.69, 9.17) is 59.0 Å². The lowest BCUT2D eigenvalue weighted by Crippen LogP contribution is -2.15. The molecule has 0 aliphatic carbocycles. The average molecular weight is 941 g/mol. The van der Waals surface area contributed by atoms with Crippen LogP contribution in [0.15, 0.2) is 12.1 Å². The Morgan fingerprint density at radius 1 is 0.353 bits per heavy atom. The number of hydrogen-bond acceptors (Lipinski definition) is 12. The number of nitrogens with zero attached hydrogens (tertiary/aromatic N) is 10. The van der Waals surface area contributed by atoms with Gasteiger partial charge in [-0.1, -0.05) is 198 Å². The molecule has 0 radical (unpaired) electrons. The Bertz CT molecular complexity index is 2000. The Hall–Kier alpha value is -4.62. The summed E-state index contributed by atoms with van der Waals surface area (Å²) >= 11 is 0. The molecule has 0 amide bonds. The third kappa shape index (κ3) is 16.8. The fraction of sp³-hybridized carbons (Fsp3) is 0.741. The zero-order valence-corrected chi connectivity index (χ0v) is 44.1. The molecule has 0 unspecified atom stereocenters. The first kappa shape index (κ1) is 54.3. The van der Waals surface area contributed by atoms with Gasteiger partial charge in [0.15, 0.2) is 11.3 Å². The van der Waals surface area contributed by atoms with Crippen molar-refractivity contribution < 1.29 is 18.9 Å². The van der Waals surface area contributed by atoms with Gasteiger partial charge in [-0.25, -0.2) is 9.97 Å². The average Bonchev–Trinajstić information content (AvgIpc) is 3.89. The molecule has 5 rings (SSSR count). The predicted molar refractivity (Wildman–Crippen MR) is 275 cm³/mol. The van der Waals surface area contributed by atoms with Crippen LogP contribution in [0.25, 0.3) is 34.2 Å². The SMILES string of the molecule is CCCCCCCCOc1cc(OCCCCCCCC)nc(-n2nc(C(C)(C)C)c3nc4c(nc32)c(C(C)(C)C)nn4-c2nc(OCCCCCCCC)cc(OCCCCCCCC)n2)n1. The molecule has 5 aromatic rings. The second kappa shape index (κ2) is 28.1. The van der Waals surface area contributed by atoms with Gasteiger partial charge in [-0.05, 0) is 25.7 Å². The molecule has 0 bridgehead atoms. The maximum atomic E-state index is 6.32. The summed E-state index contributed by atoms with van der Waals surface area (Å²) in [5.41, 5.74) is 2.88. The van der Waals surface area contributed by atoms with E-state index < -0.39 is 10.8 Å². The molecule has 0 N–H and O–H groups in total. The van der Waals surface area contributed by atoms with Gasteiger partial charge in [-0.3, -0.25) is 0 Å². The van der Waals surface area contributed by atoms with Gasteiger partial charge in [0.2, 0.25) is 23.5 Å². The maximum Gasteiger partial charge on any atom is 0.259 e. The third-order valence-corrected chi connectivity index (χ3v) is 12.2. The molecule has 0 aromatic carbocycles. The van der Waals surface area contributed by atoms with Crippen LogP contribution in [0.1, 0.15) is 235 Å². The monoisotopic (exact) mass is 941 g/mol. The topological polar surface area (TPSA) is 150 Å². The Labute approximate surface area is 408 Å². The summed E-state index contributed by atoms with van der Waals surface area (Å²) in [5, 5.41) is 10.4. The Morgan fingerprint density at radius 2 is 0.603 bits per heavy atom. The first-order valence-corrected chi connectivity index (χ1v) is 26.9. The van der Waals surface area contributed by atoms with Crippen molar-refractivity contribution in [1.82, 2.24) is 49.5 Å². The van der Waals surface area contributed by atoms with Crippen molar-refractivity contribution in [3.8, 4) is 35.4 Å². The molecule has 0 aliphatic heterocycles. The van der Waals surface area contributed by atoms with E-state index in [0.29, 0.717) is 84.2 Å². The summed E-state index contributed by atoms with van der Waals surface area (Å²) in [6.07, 6.45) is 28.0. The van der Waals surface area contributed by atoms with E-state index in [0.717, 1.165) is 62.8 Å². The number of unbranched alkanes of at least 4 members (excludes halogenated alkanes) is 20. The molecule has 0 saturated heterocycles. The van der Waals surface area contributed by atoms with Crippen molar-refractivity contribution in [3.05, 3.63) is 23.5 Å². The van der Waals surface area contributed by atoms with Gasteiger partial charge >= 0.3 is 0 Å². The second-order valence-electron chi connectivity index (χ2n) is 20.7. The van der Waals surface area contributed by atoms with Crippen LogP contribution >= 0.6 is 0 Å². The van der Waals surface area contributed by atoms with E-state index in [1.54, 1.807) is 21.5 Å². The third-order valence-electron chi connectivity index (χ3n) is 12.2. The fourth-order valence-electron chi connectivity index (χ4n) is 8.22. The summed E-state index contributed by atoms with van der Waals surface area (Å²) in [6, 6.07) is 3.60. The zero-order chi connectivity index (χ0) is 48.8. The standard InChI is InChI=1S/C54H88N10O4/c1-11-15-19-23-27-31-35-65-41-39-42(66-36-32-28-24-20-16-12-2)56-51(55-41)63-49-45(47(61-63)53(5,6)7)60-50-46(59-49)48(54(8,9)10)62-64(50)52-57-43(67-37-33-29-25-21-17-13-3)40-44(58-52)68-38-34-30-26-22-18-14-4/h39-40H,11-38H2,1-10H3. The fourth-order valence-corrected chi connectivity index (χ4v) is 8.22. The van der Waals surface area contributed by atoms with Crippen LogP contribution in [-0.4, -0.2) is 75.9 Å². The van der Waals surface area contributed by atoms with Crippen molar-refractivity contribution in [1.29, 1.82) is 0 Å². The van der Waals surface area contributed by atoms with Crippen LogP contribution in [0.4, 0.5) is 0 Å². The summed E-state index contributed by atoms with van der Waals surface area (Å²) in [5.74, 6) is 2.42. The predicted octanol–water partition coefficient (Wildman–Crippen LogP) is 14.3. The van der Waals surface area contributed by atoms with E-state index >= 15 is 0 Å². The minimum Gasteiger partial charge on any atom is -0.477 e. The Kier molecular flexibility index (Phi) is 22.5. The molecule has 0 saturated carbocycles. The van der Waals surface area contributed by atoms with Crippen LogP contribution in [0.3, 0.4) is 0 Å². The van der Waals surface area contributed by atoms with Crippen molar-refractivity contribution in [2.24, 2.45) is 0 Å². The summed E-state index contributed by atoms with van der Waals surface area (Å²) < 4.78 is 28.7. The highest BCUT2D eigenvalue weighted by Gasteiger charge is 2.32. The molecule has 5 heterocycles. The van der Waals surface area contributed by atoms with Crippen LogP contribution in [0, 0.1) is 0 Å². The molecular formula is C54H88N10O4. The highest BCUT2D eigenvalue weighted by Crippen LogP contribution is 2.35. The molecule has 68 heavy (non-hydrogen) atoms. The quantitative estimate of drug-likeness (QED) is 0.0361. The summed E-state index contributed by atoms with van der Waals surface area (Å²) in [4.78, 5) is 30.6. The number of ether oxygens (including phenoxy) is 4. The maximum absolute atomic E-state index is 6.32. The van der Waals surface area contributed by atoms with Crippen molar-refractivity contribution in [2.45, 2.75) is 234 Å². The normalized spacial score (nSPS) is 12.1. The molecule has 0 spiro atoms. The summed E-state index contributed by atoms with van der Waals surface area (Å²) in [6.45, 7) is 23.9. The Balaban J connectivity index is 1.56. The molecule has 14 nitrogen and oxygen atoms in total. The van der Waals surface area contributed by atoms with Gasteiger partial charge in [0, 0.05) is 10.8 Å². The van der Waals surface area contributed by atoms with Crippen molar-refractivity contribution in [2.75, 3.05) is 26.4 Å². The van der Waals surface area contributed by atoms with Crippen LogP contribution in [-0.2, 0) is 10.8 Å². The lowest BCUT2D eigenvalue weighted by molar-refractivity contribution is 0.273. The highest BCUT2D eigenvalue weighted by molar-refractivity contribution is 5.87. The van der Waals surface area contributed by atoms with Crippen LogP contribution in [0.2, 0.25) is 0 Å². The first-order chi connectivity index (χ1) is 32.9. The van der Waals surface area contributed by atoms with E-state index in [9.17, 15) is 0 Å². The largest absolute Gasteiger partial charge is 0.477 e. The van der Waals surface area contributed by atoms with Gasteiger partial charge in [0.25, 0.3) is 11.9 Å². The molecule has 5 aromatic heterocycles. The molecular weight excluding hydrogens is 853 g/mol. The van der Waals surface area contributed by atoms with Gasteiger partial charge in [0.1, 0.15) is 11.0 Å². The molecule has 14 heteroatoms. The zero-order valence-electron chi connectivity index (χ0n) is 44.1. The van der Waals surface area contributed by atoms with E-state index in [1.807, 2.05) is 0 Å².